The van der Waals surface area contributed by atoms with Crippen molar-refractivity contribution in [1.82, 2.24) is 10.2 Å². The van der Waals surface area contributed by atoms with Gasteiger partial charge in [-0.25, -0.2) is 4.79 Å². The number of nitrogens with one attached hydrogen (secondary N) is 1. The fraction of sp³-hybridized carbons (Fsp3) is 0.588. The van der Waals surface area contributed by atoms with Gasteiger partial charge in [0.15, 0.2) is 0 Å². The molecule has 0 spiro atoms. The van der Waals surface area contributed by atoms with Crippen molar-refractivity contribution in [3.05, 3.63) is 29.3 Å². The molecule has 5 heteroatoms. The number of hydrogen-bond donors (Lipinski definition) is 2. The zero-order chi connectivity index (χ0) is 16.3. The van der Waals surface area contributed by atoms with Gasteiger partial charge in [0.2, 0.25) is 0 Å². The fourth-order valence-electron chi connectivity index (χ4n) is 2.76. The second-order valence-corrected chi connectivity index (χ2v) is 6.46. The first-order valence-corrected chi connectivity index (χ1v) is 7.86. The number of rotatable bonds is 3. The van der Waals surface area contributed by atoms with Gasteiger partial charge in [-0.1, -0.05) is 19.1 Å². The molecule has 1 aliphatic rings. The number of carbonyl (C=O) groups is 1. The Morgan fingerprint density at radius 1 is 1.45 bits per heavy atom. The van der Waals surface area contributed by atoms with E-state index in [9.17, 15) is 9.90 Å². The SMILES string of the molecule is Cc1ccc(CNC(=O)N2CCC(C)C(O)C2)c(N(C)C)c1. The summed E-state index contributed by atoms with van der Waals surface area (Å²) < 4.78 is 0. The zero-order valence-electron chi connectivity index (χ0n) is 14.0. The van der Waals surface area contributed by atoms with Crippen molar-refractivity contribution in [2.24, 2.45) is 5.92 Å². The number of aryl methyl sites for hydroxylation is 1. The molecule has 1 aromatic carbocycles. The normalized spacial score (nSPS) is 21.6. The van der Waals surface area contributed by atoms with E-state index in [1.54, 1.807) is 4.90 Å². The Kier molecular flexibility index (Phi) is 5.29. The van der Waals surface area contributed by atoms with E-state index in [-0.39, 0.29) is 11.9 Å². The molecule has 1 aliphatic heterocycles. The highest BCUT2D eigenvalue weighted by Crippen LogP contribution is 2.21. The Balaban J connectivity index is 1.97. The first-order valence-electron chi connectivity index (χ1n) is 7.86. The van der Waals surface area contributed by atoms with Crippen LogP contribution >= 0.6 is 0 Å². The van der Waals surface area contributed by atoms with Gasteiger partial charge in [0, 0.05) is 39.4 Å². The molecule has 122 valence electrons. The fourth-order valence-corrected chi connectivity index (χ4v) is 2.76. The van der Waals surface area contributed by atoms with E-state index < -0.39 is 6.10 Å². The third-order valence-corrected chi connectivity index (χ3v) is 4.36. The van der Waals surface area contributed by atoms with Gasteiger partial charge in [0.05, 0.1) is 6.10 Å². The highest BCUT2D eigenvalue weighted by atomic mass is 16.3. The topological polar surface area (TPSA) is 55.8 Å². The van der Waals surface area contributed by atoms with Crippen LogP contribution in [0.1, 0.15) is 24.5 Å². The van der Waals surface area contributed by atoms with Crippen LogP contribution in [0.15, 0.2) is 18.2 Å². The lowest BCUT2D eigenvalue weighted by atomic mass is 9.96. The number of aliphatic hydroxyl groups is 1. The summed E-state index contributed by atoms with van der Waals surface area (Å²) in [7, 11) is 4.00. The Labute approximate surface area is 132 Å². The first kappa shape index (κ1) is 16.6. The number of piperidine rings is 1. The Morgan fingerprint density at radius 2 is 2.18 bits per heavy atom. The van der Waals surface area contributed by atoms with Crippen LogP contribution in [0.25, 0.3) is 0 Å². The summed E-state index contributed by atoms with van der Waals surface area (Å²) >= 11 is 0. The predicted octanol–water partition coefficient (Wildman–Crippen LogP) is 1.97. The van der Waals surface area contributed by atoms with Crippen LogP contribution < -0.4 is 10.2 Å². The molecule has 1 fully saturated rings. The summed E-state index contributed by atoms with van der Waals surface area (Å²) in [6, 6.07) is 6.13. The van der Waals surface area contributed by atoms with Crippen molar-refractivity contribution in [1.29, 1.82) is 0 Å². The van der Waals surface area contributed by atoms with Crippen molar-refractivity contribution >= 4 is 11.7 Å². The van der Waals surface area contributed by atoms with Crippen molar-refractivity contribution in [2.45, 2.75) is 32.9 Å². The summed E-state index contributed by atoms with van der Waals surface area (Å²) in [5.41, 5.74) is 3.41. The van der Waals surface area contributed by atoms with Gasteiger partial charge < -0.3 is 20.2 Å². The highest BCUT2D eigenvalue weighted by molar-refractivity contribution is 5.74. The number of likely N-dealkylation sites (tertiary alicyclic amines) is 1. The molecule has 1 aromatic rings. The lowest BCUT2D eigenvalue weighted by Crippen LogP contribution is -2.49. The quantitative estimate of drug-likeness (QED) is 0.898. The van der Waals surface area contributed by atoms with Gasteiger partial charge in [-0.05, 0) is 36.5 Å². The molecule has 22 heavy (non-hydrogen) atoms. The van der Waals surface area contributed by atoms with E-state index in [2.05, 4.69) is 35.3 Å². The molecule has 0 saturated carbocycles. The van der Waals surface area contributed by atoms with E-state index in [1.807, 2.05) is 21.0 Å². The molecular weight excluding hydrogens is 278 g/mol. The number of nitrogens with zero attached hydrogens (tertiary/aromatic N) is 2. The predicted molar refractivity (Wildman–Crippen MR) is 89.1 cm³/mol. The summed E-state index contributed by atoms with van der Waals surface area (Å²) in [4.78, 5) is 16.0. The minimum Gasteiger partial charge on any atom is -0.391 e. The van der Waals surface area contributed by atoms with Crippen molar-refractivity contribution in [2.75, 3.05) is 32.1 Å². The molecular formula is C17H27N3O2. The number of hydrogen-bond acceptors (Lipinski definition) is 3. The zero-order valence-corrected chi connectivity index (χ0v) is 14.0. The van der Waals surface area contributed by atoms with Crippen LogP contribution in [0.2, 0.25) is 0 Å². The molecule has 2 rings (SSSR count). The molecule has 2 unspecified atom stereocenters. The van der Waals surface area contributed by atoms with Gasteiger partial charge in [0.1, 0.15) is 0 Å². The van der Waals surface area contributed by atoms with Gasteiger partial charge in [-0.15, -0.1) is 0 Å². The number of aliphatic hydroxyl groups excluding tert-OH is 1. The lowest BCUT2D eigenvalue weighted by Gasteiger charge is -2.34. The summed E-state index contributed by atoms with van der Waals surface area (Å²) in [6.07, 6.45) is 0.429. The maximum absolute atomic E-state index is 12.3. The molecule has 0 aromatic heterocycles. The number of carbonyl (C=O) groups excluding carboxylic acids is 1. The maximum atomic E-state index is 12.3. The summed E-state index contributed by atoms with van der Waals surface area (Å²) in [6.45, 7) is 5.70. The van der Waals surface area contributed by atoms with Crippen LogP contribution in [-0.2, 0) is 6.54 Å². The van der Waals surface area contributed by atoms with Crippen LogP contribution in [0, 0.1) is 12.8 Å². The molecule has 2 N–H and O–H groups in total. The summed E-state index contributed by atoms with van der Waals surface area (Å²) in [5, 5.41) is 12.9. The summed E-state index contributed by atoms with van der Waals surface area (Å²) in [5.74, 6) is 0.265. The number of amides is 2. The largest absolute Gasteiger partial charge is 0.391 e. The van der Waals surface area contributed by atoms with Crippen LogP contribution in [0.3, 0.4) is 0 Å². The second kappa shape index (κ2) is 7.01. The average Bonchev–Trinajstić information content (AvgIpc) is 2.48. The third-order valence-electron chi connectivity index (χ3n) is 4.36. The van der Waals surface area contributed by atoms with E-state index in [0.29, 0.717) is 19.6 Å². The lowest BCUT2D eigenvalue weighted by molar-refractivity contribution is 0.0435. The second-order valence-electron chi connectivity index (χ2n) is 6.46. The average molecular weight is 305 g/mol. The minimum absolute atomic E-state index is 0.101. The van der Waals surface area contributed by atoms with E-state index in [4.69, 9.17) is 0 Å². The van der Waals surface area contributed by atoms with E-state index >= 15 is 0 Å². The van der Waals surface area contributed by atoms with E-state index in [0.717, 1.165) is 17.7 Å². The standard InChI is InChI=1S/C17H27N3O2/c1-12-5-6-14(15(9-12)19(3)4)10-18-17(22)20-8-7-13(2)16(21)11-20/h5-6,9,13,16,21H,7-8,10-11H2,1-4H3,(H,18,22). The number of urea groups is 1. The van der Waals surface area contributed by atoms with Crippen LogP contribution in [-0.4, -0.2) is 49.3 Å². The van der Waals surface area contributed by atoms with Gasteiger partial charge >= 0.3 is 6.03 Å². The first-order chi connectivity index (χ1) is 10.4. The highest BCUT2D eigenvalue weighted by Gasteiger charge is 2.27. The van der Waals surface area contributed by atoms with Crippen LogP contribution in [0.5, 0.6) is 0 Å². The Morgan fingerprint density at radius 3 is 2.82 bits per heavy atom. The molecule has 1 saturated heterocycles. The molecule has 2 atom stereocenters. The number of β-amino-alcohol motifs (C(OH)–C–C–N with tert-alkyl or cyclic N) is 1. The molecule has 2 amide bonds. The maximum Gasteiger partial charge on any atom is 0.317 e. The van der Waals surface area contributed by atoms with Crippen molar-refractivity contribution in [3.8, 4) is 0 Å². The molecule has 5 nitrogen and oxygen atoms in total. The monoisotopic (exact) mass is 305 g/mol. The van der Waals surface area contributed by atoms with Gasteiger partial charge in [0.25, 0.3) is 0 Å². The molecule has 0 radical (unpaired) electrons. The van der Waals surface area contributed by atoms with Crippen molar-refractivity contribution < 1.29 is 9.90 Å². The minimum atomic E-state index is -0.420. The number of benzene rings is 1. The molecule has 1 heterocycles. The van der Waals surface area contributed by atoms with Crippen molar-refractivity contribution in [3.63, 3.8) is 0 Å². The smallest absolute Gasteiger partial charge is 0.317 e. The Hall–Kier alpha value is -1.75. The molecule has 0 bridgehead atoms. The van der Waals surface area contributed by atoms with Crippen LogP contribution in [0.4, 0.5) is 10.5 Å². The molecule has 0 aliphatic carbocycles. The van der Waals surface area contributed by atoms with Gasteiger partial charge in [-0.3, -0.25) is 0 Å². The van der Waals surface area contributed by atoms with E-state index in [1.165, 1.54) is 5.56 Å². The third kappa shape index (κ3) is 3.91. The Bertz CT molecular complexity index is 531. The number of anilines is 1. The van der Waals surface area contributed by atoms with Gasteiger partial charge in [-0.2, -0.15) is 0 Å².